The van der Waals surface area contributed by atoms with Gasteiger partial charge in [0, 0.05) is 34.9 Å². The van der Waals surface area contributed by atoms with Crippen LogP contribution in [0.5, 0.6) is 0 Å². The first-order valence-electron chi connectivity index (χ1n) is 18.7. The van der Waals surface area contributed by atoms with Crippen LogP contribution in [0.1, 0.15) is 72.8 Å². The summed E-state index contributed by atoms with van der Waals surface area (Å²) < 4.78 is 18.7. The van der Waals surface area contributed by atoms with E-state index in [1.165, 1.54) is 11.1 Å². The molecule has 0 saturated carbocycles. The average Bonchev–Trinajstić information content (AvgIpc) is 3.29. The molecule has 5 N–H and O–H groups in total. The van der Waals surface area contributed by atoms with E-state index in [9.17, 15) is 25.2 Å². The molecule has 0 spiro atoms. The Hall–Kier alpha value is -1.54. The van der Waals surface area contributed by atoms with E-state index < -0.39 is 60.8 Å². The number of hydrogen-bond donors (Lipinski definition) is 5. The zero-order valence-electron chi connectivity index (χ0n) is 31.4. The van der Waals surface area contributed by atoms with Crippen LogP contribution < -0.4 is 5.32 Å². The fraction of sp³-hybridized carbons (Fsp3) is 0.769. The number of aliphatic hydroxyl groups is 4. The van der Waals surface area contributed by atoms with Crippen molar-refractivity contribution in [1.82, 2.24) is 10.2 Å². The molecule has 0 aromatic heterocycles. The molecule has 15 atom stereocenters. The SMILES string of the molecule is CC[C@H]1OC(=O)C[C@@H](O)[C@H](C)[C@@H](OC2OC(C)C(O)C(N(C)C)C2O)[C@@H](C)C[C@@H](C)[C@H]2C[C@@H](SCC(Cc3ccccc3)N2)/C(C)=C/[C@@H]1CO. The van der Waals surface area contributed by atoms with E-state index in [0.717, 1.165) is 25.0 Å². The zero-order valence-corrected chi connectivity index (χ0v) is 32.2. The summed E-state index contributed by atoms with van der Waals surface area (Å²) in [7, 11) is 3.61. The molecule has 2 saturated heterocycles. The summed E-state index contributed by atoms with van der Waals surface area (Å²) in [5.41, 5.74) is 2.47. The second-order valence-electron chi connectivity index (χ2n) is 15.5. The minimum absolute atomic E-state index is 0.0862. The summed E-state index contributed by atoms with van der Waals surface area (Å²) in [5.74, 6) is -0.333. The fourth-order valence-corrected chi connectivity index (χ4v) is 9.59. The Balaban J connectivity index is 1.69. The van der Waals surface area contributed by atoms with E-state index in [1.54, 1.807) is 25.9 Å². The first-order valence-corrected chi connectivity index (χ1v) is 19.7. The Morgan fingerprint density at radius 2 is 1.72 bits per heavy atom. The summed E-state index contributed by atoms with van der Waals surface area (Å²) in [5, 5.41) is 48.4. The van der Waals surface area contributed by atoms with E-state index in [0.29, 0.717) is 6.42 Å². The highest BCUT2D eigenvalue weighted by molar-refractivity contribution is 8.00. The molecule has 10 nitrogen and oxygen atoms in total. The van der Waals surface area contributed by atoms with Gasteiger partial charge in [0.2, 0.25) is 0 Å². The zero-order chi connectivity index (χ0) is 36.7. The van der Waals surface area contributed by atoms with E-state index in [-0.39, 0.29) is 48.1 Å². The van der Waals surface area contributed by atoms with Crippen LogP contribution in [0.15, 0.2) is 42.0 Å². The molecule has 284 valence electrons. The molecule has 11 heteroatoms. The average molecular weight is 721 g/mol. The first-order chi connectivity index (χ1) is 23.7. The maximum atomic E-state index is 13.3. The number of aliphatic hydroxyl groups excluding tert-OH is 4. The maximum absolute atomic E-state index is 13.3. The summed E-state index contributed by atoms with van der Waals surface area (Å²) in [6, 6.07) is 10.4. The van der Waals surface area contributed by atoms with Gasteiger partial charge in [-0.15, -0.1) is 0 Å². The lowest BCUT2D eigenvalue weighted by Crippen LogP contribution is -2.63. The van der Waals surface area contributed by atoms with Crippen molar-refractivity contribution in [1.29, 1.82) is 0 Å². The maximum Gasteiger partial charge on any atom is 0.308 e. The number of benzene rings is 1. The third-order valence-electron chi connectivity index (χ3n) is 11.3. The van der Waals surface area contributed by atoms with Gasteiger partial charge in [-0.1, -0.05) is 69.7 Å². The number of carbonyl (C=O) groups is 1. The molecule has 0 aliphatic carbocycles. The summed E-state index contributed by atoms with van der Waals surface area (Å²) in [4.78, 5) is 15.1. The number of rotatable bonds is 7. The molecule has 0 amide bonds. The predicted octanol–water partition coefficient (Wildman–Crippen LogP) is 3.78. The van der Waals surface area contributed by atoms with E-state index in [2.05, 4.69) is 56.4 Å². The third kappa shape index (κ3) is 10.5. The standard InChI is InChI=1S/C39H64N2O8S/c1-9-32-28(20-42)16-23(3)33-18-30(40-29(21-50-33)17-27-13-11-10-12-14-27)22(2)15-24(4)38(25(5)31(43)19-34(44)48-32)49-39-37(46)35(41(7)8)36(45)26(6)47-39/h10-14,16,22,24-26,28-33,35-40,42-43,45-46H,9,15,17-21H2,1-8H3/b23-16+/t22-,24+,25+,26?,28-,29?,30-,31-,32-,33-,35?,36?,37?,38+,39?/m1/s1. The van der Waals surface area contributed by atoms with Crippen LogP contribution in [0.4, 0.5) is 0 Å². The topological polar surface area (TPSA) is 141 Å². The number of cyclic esters (lactones) is 1. The Bertz CT molecular complexity index is 1220. The van der Waals surface area contributed by atoms with Crippen LogP contribution in [0.2, 0.25) is 0 Å². The first kappa shape index (κ1) is 41.2. The Morgan fingerprint density at radius 1 is 1.02 bits per heavy atom. The summed E-state index contributed by atoms with van der Waals surface area (Å²) in [6.07, 6.45) is -0.876. The number of fused-ring (bicyclic) bond motifs is 2. The lowest BCUT2D eigenvalue weighted by Gasteiger charge is -2.46. The lowest BCUT2D eigenvalue weighted by atomic mass is 9.80. The van der Waals surface area contributed by atoms with Gasteiger partial charge in [0.25, 0.3) is 0 Å². The van der Waals surface area contributed by atoms with Crippen LogP contribution in [0.25, 0.3) is 0 Å². The molecule has 1 aromatic rings. The van der Waals surface area contributed by atoms with Crippen LogP contribution in [-0.2, 0) is 25.4 Å². The largest absolute Gasteiger partial charge is 0.462 e. The van der Waals surface area contributed by atoms with Gasteiger partial charge in [0.15, 0.2) is 6.29 Å². The number of nitrogens with zero attached hydrogens (tertiary/aromatic N) is 1. The van der Waals surface area contributed by atoms with Crippen molar-refractivity contribution in [2.75, 3.05) is 26.5 Å². The summed E-state index contributed by atoms with van der Waals surface area (Å²) >= 11 is 1.95. The van der Waals surface area contributed by atoms with Crippen molar-refractivity contribution in [2.45, 2.75) is 140 Å². The van der Waals surface area contributed by atoms with Gasteiger partial charge in [-0.2, -0.15) is 11.8 Å². The Morgan fingerprint density at radius 3 is 2.36 bits per heavy atom. The quantitative estimate of drug-likeness (QED) is 0.208. The second kappa shape index (κ2) is 19.0. The van der Waals surface area contributed by atoms with Crippen molar-refractivity contribution in [3.05, 3.63) is 47.5 Å². The number of hydrogen-bond acceptors (Lipinski definition) is 11. The highest BCUT2D eigenvalue weighted by Gasteiger charge is 2.47. The number of esters is 1. The van der Waals surface area contributed by atoms with Crippen LogP contribution >= 0.6 is 11.8 Å². The highest BCUT2D eigenvalue weighted by Crippen LogP contribution is 2.37. The minimum atomic E-state index is -1.13. The summed E-state index contributed by atoms with van der Waals surface area (Å²) in [6.45, 7) is 11.9. The van der Waals surface area contributed by atoms with Gasteiger partial charge in [0.05, 0.1) is 43.5 Å². The molecule has 4 rings (SSSR count). The van der Waals surface area contributed by atoms with Gasteiger partial charge >= 0.3 is 5.97 Å². The van der Waals surface area contributed by atoms with Gasteiger partial charge in [-0.3, -0.25) is 4.79 Å². The number of thioether (sulfide) groups is 1. The van der Waals surface area contributed by atoms with Crippen molar-refractivity contribution in [3.63, 3.8) is 0 Å². The molecule has 2 fully saturated rings. The Kier molecular flexibility index (Phi) is 15.6. The smallest absolute Gasteiger partial charge is 0.308 e. The van der Waals surface area contributed by atoms with Gasteiger partial charge in [-0.05, 0) is 71.0 Å². The van der Waals surface area contributed by atoms with Gasteiger partial charge in [0.1, 0.15) is 12.2 Å². The molecule has 50 heavy (non-hydrogen) atoms. The molecule has 3 aliphatic heterocycles. The molecule has 6 unspecified atom stereocenters. The normalized spacial score (nSPS) is 42.3. The van der Waals surface area contributed by atoms with Gasteiger partial charge in [-0.25, -0.2) is 0 Å². The molecule has 0 radical (unpaired) electrons. The number of nitrogens with one attached hydrogen (secondary N) is 1. The van der Waals surface area contributed by atoms with Crippen LogP contribution in [0.3, 0.4) is 0 Å². The van der Waals surface area contributed by atoms with E-state index in [4.69, 9.17) is 14.2 Å². The fourth-order valence-electron chi connectivity index (χ4n) is 8.22. The highest BCUT2D eigenvalue weighted by atomic mass is 32.2. The van der Waals surface area contributed by atoms with Crippen molar-refractivity contribution in [3.8, 4) is 0 Å². The number of carbonyl (C=O) groups excluding carboxylic acids is 1. The van der Waals surface area contributed by atoms with Crippen LogP contribution in [0, 0.1) is 23.7 Å². The van der Waals surface area contributed by atoms with Crippen molar-refractivity contribution in [2.24, 2.45) is 23.7 Å². The molecule has 2 bridgehead atoms. The Labute approximate surface area is 304 Å². The number of likely N-dealkylation sites (N-methyl/N-ethyl adjacent to an activating group) is 1. The van der Waals surface area contributed by atoms with Crippen molar-refractivity contribution < 1.29 is 39.4 Å². The predicted molar refractivity (Wildman–Crippen MR) is 198 cm³/mol. The van der Waals surface area contributed by atoms with Crippen LogP contribution in [-0.4, -0.2) is 124 Å². The van der Waals surface area contributed by atoms with Gasteiger partial charge < -0.3 is 44.9 Å². The molecule has 3 heterocycles. The molecular weight excluding hydrogens is 657 g/mol. The monoisotopic (exact) mass is 720 g/mol. The van der Waals surface area contributed by atoms with E-state index in [1.807, 2.05) is 31.7 Å². The molecule has 1 aromatic carbocycles. The molecular formula is C39H64N2O8S. The van der Waals surface area contributed by atoms with E-state index >= 15 is 0 Å². The third-order valence-corrected chi connectivity index (χ3v) is 12.8. The second-order valence-corrected chi connectivity index (χ2v) is 16.7. The lowest BCUT2D eigenvalue weighted by molar-refractivity contribution is -0.303. The number of ether oxygens (including phenoxy) is 3. The minimum Gasteiger partial charge on any atom is -0.462 e. The molecule has 3 aliphatic rings. The van der Waals surface area contributed by atoms with Crippen molar-refractivity contribution >= 4 is 17.7 Å².